The molecule has 3 N–H and O–H groups in total. The van der Waals surface area contributed by atoms with Gasteiger partial charge >= 0.3 is 0 Å². The third kappa shape index (κ3) is 7.64. The Morgan fingerprint density at radius 2 is 1.75 bits per heavy atom. The lowest BCUT2D eigenvalue weighted by Gasteiger charge is -2.23. The summed E-state index contributed by atoms with van der Waals surface area (Å²) in [6, 6.07) is 18.1. The summed E-state index contributed by atoms with van der Waals surface area (Å²) in [5.41, 5.74) is 7.56. The Bertz CT molecular complexity index is 2210. The molecule has 2 fully saturated rings. The number of nitrogens with zero attached hydrogens (tertiary/aromatic N) is 3. The first kappa shape index (κ1) is 35.4. The SMILES string of the molecule is COc1nc(-c2cccc(-c3ccnc(-c4ccc5c(CNC6CCS(=O)(=O)CC6)cn(C)c5c4)c3Cl)c2Cl)ccc1CNC[C@H]1CCC(=O)N1. The summed E-state index contributed by atoms with van der Waals surface area (Å²) < 4.78 is 31.4. The molecule has 0 unspecified atom stereocenters. The van der Waals surface area contributed by atoms with Gasteiger partial charge in [0, 0.05) is 96.3 Å². The largest absolute Gasteiger partial charge is 0.481 e. The predicted molar refractivity (Wildman–Crippen MR) is 203 cm³/mol. The van der Waals surface area contributed by atoms with E-state index in [4.69, 9.17) is 32.9 Å². The molecule has 266 valence electrons. The van der Waals surface area contributed by atoms with Crippen molar-refractivity contribution in [2.24, 2.45) is 7.05 Å². The Balaban J connectivity index is 1.11. The quantitative estimate of drug-likeness (QED) is 0.143. The van der Waals surface area contributed by atoms with Gasteiger partial charge in [0.1, 0.15) is 9.84 Å². The van der Waals surface area contributed by atoms with Crippen molar-refractivity contribution in [1.82, 2.24) is 30.5 Å². The fourth-order valence-corrected chi connectivity index (χ4v) is 9.18. The molecule has 10 nitrogen and oxygen atoms in total. The number of sulfone groups is 1. The van der Waals surface area contributed by atoms with Gasteiger partial charge in [0.05, 0.1) is 40.0 Å². The van der Waals surface area contributed by atoms with Gasteiger partial charge in [-0.05, 0) is 43.0 Å². The molecule has 2 aliphatic rings. The zero-order chi connectivity index (χ0) is 35.7. The summed E-state index contributed by atoms with van der Waals surface area (Å²) in [5.74, 6) is 1.08. The van der Waals surface area contributed by atoms with Gasteiger partial charge in [0.25, 0.3) is 0 Å². The standard InChI is InChI=1S/C38H40Cl2N6O4S/c1-46-22-25(20-43-26-13-16-51(48,49)17-14-26)28-9-6-23(18-33(28)46)37-36(40)30(12-15-42-37)29-4-3-5-31(35(29)39)32-10-7-24(38(45-32)50-2)19-41-21-27-8-11-34(47)44-27/h3-7,9-10,12,15,18,22,26-27,41,43H,8,11,13-14,16-17,19-21H2,1-2H3,(H,44,47)/t27-/m1/s1. The highest BCUT2D eigenvalue weighted by Crippen LogP contribution is 2.42. The molecule has 2 aliphatic heterocycles. The summed E-state index contributed by atoms with van der Waals surface area (Å²) in [4.78, 5) is 21.0. The van der Waals surface area contributed by atoms with Crippen molar-refractivity contribution in [2.75, 3.05) is 25.2 Å². The first-order valence-electron chi connectivity index (χ1n) is 17.1. The number of carbonyl (C=O) groups excluding carboxylic acids is 1. The van der Waals surface area contributed by atoms with E-state index in [1.54, 1.807) is 13.3 Å². The first-order valence-corrected chi connectivity index (χ1v) is 19.7. The molecule has 0 radical (unpaired) electrons. The Morgan fingerprint density at radius 1 is 0.961 bits per heavy atom. The number of fused-ring (bicyclic) bond motifs is 1. The lowest BCUT2D eigenvalue weighted by atomic mass is 9.99. The number of methoxy groups -OCH3 is 1. The highest BCUT2D eigenvalue weighted by Gasteiger charge is 2.24. The van der Waals surface area contributed by atoms with Crippen molar-refractivity contribution >= 4 is 49.8 Å². The van der Waals surface area contributed by atoms with Crippen LogP contribution in [-0.4, -0.2) is 66.1 Å². The van der Waals surface area contributed by atoms with Crippen LogP contribution in [0, 0.1) is 0 Å². The van der Waals surface area contributed by atoms with Crippen molar-refractivity contribution in [3.63, 3.8) is 0 Å². The summed E-state index contributed by atoms with van der Waals surface area (Å²) in [7, 11) is 0.717. The van der Waals surface area contributed by atoms with Crippen LogP contribution in [0.3, 0.4) is 0 Å². The molecule has 7 rings (SSSR count). The van der Waals surface area contributed by atoms with E-state index >= 15 is 0 Å². The zero-order valence-electron chi connectivity index (χ0n) is 28.5. The molecular formula is C38H40Cl2N6O4S. The lowest BCUT2D eigenvalue weighted by molar-refractivity contribution is -0.119. The molecular weight excluding hydrogens is 707 g/mol. The molecule has 0 saturated carbocycles. The number of amides is 1. The molecule has 13 heteroatoms. The average molecular weight is 748 g/mol. The Morgan fingerprint density at radius 3 is 2.51 bits per heavy atom. The Labute approximate surface area is 307 Å². The van der Waals surface area contributed by atoms with Crippen LogP contribution in [-0.2, 0) is 34.8 Å². The molecule has 5 aromatic rings. The van der Waals surface area contributed by atoms with Crippen LogP contribution in [0.5, 0.6) is 5.88 Å². The second-order valence-corrected chi connectivity index (χ2v) is 16.4. The molecule has 1 amide bonds. The van der Waals surface area contributed by atoms with Crippen LogP contribution in [0.25, 0.3) is 44.5 Å². The Hall–Kier alpha value is -4.00. The van der Waals surface area contributed by atoms with Crippen LogP contribution in [0.15, 0.2) is 67.0 Å². The summed E-state index contributed by atoms with van der Waals surface area (Å²) in [6.45, 7) is 1.88. The highest BCUT2D eigenvalue weighted by atomic mass is 35.5. The molecule has 2 aromatic carbocycles. The monoisotopic (exact) mass is 746 g/mol. The molecule has 0 bridgehead atoms. The van der Waals surface area contributed by atoms with Crippen LogP contribution >= 0.6 is 23.2 Å². The van der Waals surface area contributed by atoms with Gasteiger partial charge in [-0.1, -0.05) is 59.6 Å². The van der Waals surface area contributed by atoms with E-state index in [1.165, 1.54) is 0 Å². The smallest absolute Gasteiger partial charge is 0.220 e. The topological polar surface area (TPSA) is 127 Å². The minimum absolute atomic E-state index is 0.0973. The van der Waals surface area contributed by atoms with Crippen molar-refractivity contribution in [1.29, 1.82) is 0 Å². The first-order chi connectivity index (χ1) is 24.6. The van der Waals surface area contributed by atoms with Crippen LogP contribution in [0.4, 0.5) is 0 Å². The Kier molecular flexibility index (Phi) is 10.4. The third-order valence-electron chi connectivity index (χ3n) is 9.86. The van der Waals surface area contributed by atoms with Crippen molar-refractivity contribution in [3.8, 4) is 39.5 Å². The van der Waals surface area contributed by atoms with E-state index in [9.17, 15) is 13.2 Å². The summed E-state index contributed by atoms with van der Waals surface area (Å²) >= 11 is 14.2. The van der Waals surface area contributed by atoms with Gasteiger partial charge in [0.15, 0.2) is 0 Å². The second-order valence-electron chi connectivity index (χ2n) is 13.3. The molecule has 3 aromatic heterocycles. The molecule has 1 atom stereocenters. The van der Waals surface area contributed by atoms with Gasteiger partial charge in [-0.25, -0.2) is 13.4 Å². The van der Waals surface area contributed by atoms with Gasteiger partial charge in [0.2, 0.25) is 11.8 Å². The third-order valence-corrected chi connectivity index (χ3v) is 12.4. The fraction of sp³-hybridized carbons (Fsp3) is 0.342. The minimum atomic E-state index is -2.90. The van der Waals surface area contributed by atoms with E-state index in [0.29, 0.717) is 66.2 Å². The minimum Gasteiger partial charge on any atom is -0.481 e. The van der Waals surface area contributed by atoms with Gasteiger partial charge in [-0.2, -0.15) is 0 Å². The number of benzene rings is 2. The maximum absolute atomic E-state index is 11.8. The molecule has 51 heavy (non-hydrogen) atoms. The number of carbonyl (C=O) groups is 1. The lowest BCUT2D eigenvalue weighted by Crippen LogP contribution is -2.37. The van der Waals surface area contributed by atoms with Crippen molar-refractivity contribution in [3.05, 3.63) is 88.2 Å². The number of nitrogens with one attached hydrogen (secondary N) is 3. The number of aromatic nitrogens is 3. The van der Waals surface area contributed by atoms with Crippen LogP contribution < -0.4 is 20.7 Å². The van der Waals surface area contributed by atoms with Gasteiger partial charge in [-0.3, -0.25) is 9.78 Å². The fourth-order valence-electron chi connectivity index (χ4n) is 7.04. The second kappa shape index (κ2) is 14.9. The number of halogens is 2. The van der Waals surface area contributed by atoms with Crippen LogP contribution in [0.2, 0.25) is 10.0 Å². The number of hydrogen-bond donors (Lipinski definition) is 3. The molecule has 2 saturated heterocycles. The molecule has 0 aliphatic carbocycles. The maximum atomic E-state index is 11.8. The van der Waals surface area contributed by atoms with Crippen molar-refractivity contribution < 1.29 is 17.9 Å². The number of pyridine rings is 2. The highest BCUT2D eigenvalue weighted by molar-refractivity contribution is 7.91. The maximum Gasteiger partial charge on any atom is 0.220 e. The van der Waals surface area contributed by atoms with Gasteiger partial charge < -0.3 is 25.3 Å². The zero-order valence-corrected chi connectivity index (χ0v) is 30.8. The van der Waals surface area contributed by atoms with Crippen molar-refractivity contribution in [2.45, 2.75) is 50.9 Å². The van der Waals surface area contributed by atoms with Gasteiger partial charge in [-0.15, -0.1) is 0 Å². The molecule has 0 spiro atoms. The van der Waals surface area contributed by atoms with E-state index in [-0.39, 0.29) is 29.5 Å². The summed E-state index contributed by atoms with van der Waals surface area (Å²) in [6.07, 6.45) is 6.54. The normalized spacial score (nSPS) is 17.6. The van der Waals surface area contributed by atoms with E-state index in [0.717, 1.165) is 50.7 Å². The van der Waals surface area contributed by atoms with E-state index < -0.39 is 9.84 Å². The number of ether oxygens (including phenoxy) is 1. The predicted octanol–water partition coefficient (Wildman–Crippen LogP) is 6.32. The summed E-state index contributed by atoms with van der Waals surface area (Å²) in [5, 5.41) is 12.1. The number of aryl methyl sites for hydroxylation is 1. The number of hydrogen-bond acceptors (Lipinski definition) is 8. The molecule has 5 heterocycles. The van der Waals surface area contributed by atoms with Crippen LogP contribution in [0.1, 0.15) is 36.8 Å². The van der Waals surface area contributed by atoms with E-state index in [1.807, 2.05) is 49.5 Å². The average Bonchev–Trinajstić information content (AvgIpc) is 3.69. The number of rotatable bonds is 11. The van der Waals surface area contributed by atoms with E-state index in [2.05, 4.69) is 43.8 Å².